The summed E-state index contributed by atoms with van der Waals surface area (Å²) in [6, 6.07) is 11.4. The van der Waals surface area contributed by atoms with Gasteiger partial charge in [-0.05, 0) is 66.5 Å². The van der Waals surface area contributed by atoms with E-state index in [1.54, 1.807) is 7.11 Å². The van der Waals surface area contributed by atoms with Gasteiger partial charge in [-0.2, -0.15) is 0 Å². The summed E-state index contributed by atoms with van der Waals surface area (Å²) in [5.74, 6) is 3.29. The smallest absolute Gasteiger partial charge is 0.118 e. The van der Waals surface area contributed by atoms with Crippen LogP contribution in [-0.4, -0.2) is 18.1 Å². The number of aromatic nitrogens is 1. The van der Waals surface area contributed by atoms with E-state index in [4.69, 9.17) is 4.74 Å². The molecule has 1 N–H and O–H groups in total. The van der Waals surface area contributed by atoms with Crippen LogP contribution in [0.3, 0.4) is 0 Å². The van der Waals surface area contributed by atoms with Gasteiger partial charge in [0.1, 0.15) is 5.75 Å². The van der Waals surface area contributed by atoms with E-state index >= 15 is 0 Å². The van der Waals surface area contributed by atoms with E-state index in [1.807, 2.05) is 12.4 Å². The van der Waals surface area contributed by atoms with Gasteiger partial charge >= 0.3 is 0 Å². The largest absolute Gasteiger partial charge is 0.497 e. The second-order valence-corrected chi connectivity index (χ2v) is 7.27. The van der Waals surface area contributed by atoms with E-state index in [0.717, 1.165) is 24.1 Å². The molecule has 1 heterocycles. The zero-order valence-corrected chi connectivity index (χ0v) is 14.5. The fraction of sp³-hybridized carbons (Fsp3) is 0.476. The molecule has 2 aliphatic rings. The predicted molar refractivity (Wildman–Crippen MR) is 96.2 cm³/mol. The summed E-state index contributed by atoms with van der Waals surface area (Å²) in [5, 5.41) is 3.87. The van der Waals surface area contributed by atoms with Crippen molar-refractivity contribution in [2.75, 3.05) is 7.11 Å². The molecule has 0 radical (unpaired) electrons. The van der Waals surface area contributed by atoms with Crippen molar-refractivity contribution in [1.29, 1.82) is 0 Å². The fourth-order valence-corrected chi connectivity index (χ4v) is 4.78. The van der Waals surface area contributed by atoms with Crippen molar-refractivity contribution in [2.45, 2.75) is 44.7 Å². The van der Waals surface area contributed by atoms with Gasteiger partial charge in [0.05, 0.1) is 7.11 Å². The highest BCUT2D eigenvalue weighted by Gasteiger charge is 2.52. The molecule has 0 amide bonds. The second kappa shape index (κ2) is 6.56. The van der Waals surface area contributed by atoms with Crippen LogP contribution >= 0.6 is 0 Å². The van der Waals surface area contributed by atoms with Gasteiger partial charge in [-0.3, -0.25) is 4.98 Å². The Hall–Kier alpha value is -1.87. The van der Waals surface area contributed by atoms with E-state index in [0.29, 0.717) is 12.0 Å². The van der Waals surface area contributed by atoms with Gasteiger partial charge in [0.25, 0.3) is 0 Å². The molecule has 0 spiro atoms. The van der Waals surface area contributed by atoms with Crippen LogP contribution in [0.25, 0.3) is 0 Å². The minimum atomic E-state index is 0.596. The van der Waals surface area contributed by atoms with Crippen molar-refractivity contribution in [3.05, 3.63) is 59.4 Å². The van der Waals surface area contributed by atoms with Crippen LogP contribution in [0.15, 0.2) is 42.7 Å². The Morgan fingerprint density at radius 3 is 2.67 bits per heavy atom. The number of ether oxygens (including phenoxy) is 1. The number of pyridine rings is 1. The van der Waals surface area contributed by atoms with E-state index in [1.165, 1.54) is 36.0 Å². The van der Waals surface area contributed by atoms with Crippen LogP contribution in [0.2, 0.25) is 0 Å². The highest BCUT2D eigenvalue weighted by Crippen LogP contribution is 2.56. The summed E-state index contributed by atoms with van der Waals surface area (Å²) >= 11 is 0. The Bertz CT molecular complexity index is 697. The molecule has 1 aromatic heterocycles. The Kier molecular flexibility index (Phi) is 4.28. The molecule has 4 atom stereocenters. The summed E-state index contributed by atoms with van der Waals surface area (Å²) in [5.41, 5.74) is 4.09. The molecule has 2 saturated carbocycles. The van der Waals surface area contributed by atoms with Crippen LogP contribution < -0.4 is 10.1 Å². The van der Waals surface area contributed by atoms with Crippen molar-refractivity contribution in [3.63, 3.8) is 0 Å². The van der Waals surface area contributed by atoms with Gasteiger partial charge < -0.3 is 10.1 Å². The molecule has 0 bridgehead atoms. The molecule has 2 fully saturated rings. The average molecular weight is 322 g/mol. The first-order chi connectivity index (χ1) is 11.8. The molecule has 3 nitrogen and oxygen atoms in total. The quantitative estimate of drug-likeness (QED) is 0.901. The van der Waals surface area contributed by atoms with Crippen molar-refractivity contribution in [2.24, 2.45) is 11.8 Å². The standard InChI is InChI=1S/C21H26N2O/c1-14-12-22-11-10-16(14)13-23-21-19-5-3-4-18(19)20(21)15-6-8-17(24-2)9-7-15/h6-12,18-21,23H,3-5,13H2,1-2H3/t18-,19+,20-,21-/m1/s1. The van der Waals surface area contributed by atoms with E-state index < -0.39 is 0 Å². The minimum Gasteiger partial charge on any atom is -0.497 e. The number of aryl methyl sites for hydroxylation is 1. The van der Waals surface area contributed by atoms with Crippen LogP contribution in [0, 0.1) is 18.8 Å². The van der Waals surface area contributed by atoms with Crippen molar-refractivity contribution >= 4 is 0 Å². The summed E-state index contributed by atoms with van der Waals surface area (Å²) in [7, 11) is 1.73. The van der Waals surface area contributed by atoms with Crippen LogP contribution in [-0.2, 0) is 6.54 Å². The third-order valence-electron chi connectivity index (χ3n) is 6.10. The summed E-state index contributed by atoms with van der Waals surface area (Å²) in [6.07, 6.45) is 7.99. The molecule has 24 heavy (non-hydrogen) atoms. The maximum absolute atomic E-state index is 5.31. The first kappa shape index (κ1) is 15.6. The van der Waals surface area contributed by atoms with Gasteiger partial charge in [-0.1, -0.05) is 18.6 Å². The van der Waals surface area contributed by atoms with Gasteiger partial charge in [0, 0.05) is 30.9 Å². The molecule has 0 saturated heterocycles. The summed E-state index contributed by atoms with van der Waals surface area (Å²) in [6.45, 7) is 3.08. The number of benzene rings is 1. The van der Waals surface area contributed by atoms with Crippen LogP contribution in [0.1, 0.15) is 41.9 Å². The zero-order chi connectivity index (χ0) is 16.5. The number of rotatable bonds is 5. The van der Waals surface area contributed by atoms with Gasteiger partial charge in [0.2, 0.25) is 0 Å². The molecule has 1 aromatic carbocycles. The Morgan fingerprint density at radius 2 is 1.92 bits per heavy atom. The van der Waals surface area contributed by atoms with E-state index in [-0.39, 0.29) is 0 Å². The highest BCUT2D eigenvalue weighted by atomic mass is 16.5. The predicted octanol–water partition coefficient (Wildman–Crippen LogP) is 4.07. The normalized spacial score (nSPS) is 28.2. The average Bonchev–Trinajstić information content (AvgIpc) is 3.01. The molecule has 2 aromatic rings. The first-order valence-electron chi connectivity index (χ1n) is 9.05. The third kappa shape index (κ3) is 2.71. The molecular weight excluding hydrogens is 296 g/mol. The monoisotopic (exact) mass is 322 g/mol. The summed E-state index contributed by atoms with van der Waals surface area (Å²) < 4.78 is 5.31. The van der Waals surface area contributed by atoms with Gasteiger partial charge in [-0.15, -0.1) is 0 Å². The Balaban J connectivity index is 1.50. The molecular formula is C21H26N2O. The lowest BCUT2D eigenvalue weighted by molar-refractivity contribution is 0.0940. The number of hydrogen-bond acceptors (Lipinski definition) is 3. The number of methoxy groups -OCH3 is 1. The zero-order valence-electron chi connectivity index (χ0n) is 14.5. The molecule has 126 valence electrons. The van der Waals surface area contributed by atoms with Crippen molar-refractivity contribution in [1.82, 2.24) is 10.3 Å². The second-order valence-electron chi connectivity index (χ2n) is 7.27. The molecule has 3 heteroatoms. The lowest BCUT2D eigenvalue weighted by Gasteiger charge is -2.50. The number of fused-ring (bicyclic) bond motifs is 1. The van der Waals surface area contributed by atoms with Crippen LogP contribution in [0.5, 0.6) is 5.75 Å². The van der Waals surface area contributed by atoms with Gasteiger partial charge in [0.15, 0.2) is 0 Å². The Labute approximate surface area is 144 Å². The maximum Gasteiger partial charge on any atom is 0.118 e. The van der Waals surface area contributed by atoms with Crippen molar-refractivity contribution in [3.8, 4) is 5.75 Å². The number of hydrogen-bond donors (Lipinski definition) is 1. The minimum absolute atomic E-state index is 0.596. The van der Waals surface area contributed by atoms with E-state index in [2.05, 4.69) is 47.6 Å². The molecule has 4 rings (SSSR count). The van der Waals surface area contributed by atoms with E-state index in [9.17, 15) is 0 Å². The third-order valence-corrected chi connectivity index (χ3v) is 6.10. The Morgan fingerprint density at radius 1 is 1.12 bits per heavy atom. The fourth-order valence-electron chi connectivity index (χ4n) is 4.78. The highest BCUT2D eigenvalue weighted by molar-refractivity contribution is 5.34. The topological polar surface area (TPSA) is 34.1 Å². The molecule has 0 unspecified atom stereocenters. The lowest BCUT2D eigenvalue weighted by atomic mass is 9.60. The summed E-state index contributed by atoms with van der Waals surface area (Å²) in [4.78, 5) is 4.20. The van der Waals surface area contributed by atoms with Crippen molar-refractivity contribution < 1.29 is 4.74 Å². The maximum atomic E-state index is 5.31. The molecule has 0 aliphatic heterocycles. The molecule has 2 aliphatic carbocycles. The first-order valence-corrected chi connectivity index (χ1v) is 9.05. The van der Waals surface area contributed by atoms with Gasteiger partial charge in [-0.25, -0.2) is 0 Å². The number of nitrogens with zero attached hydrogens (tertiary/aromatic N) is 1. The van der Waals surface area contributed by atoms with Crippen LogP contribution in [0.4, 0.5) is 0 Å². The lowest BCUT2D eigenvalue weighted by Crippen LogP contribution is -2.54. The number of nitrogens with one attached hydrogen (secondary N) is 1. The SMILES string of the molecule is COc1ccc([C@@H]2[C@@H]3CCC[C@@H]3[C@H]2NCc2ccncc2C)cc1.